The lowest BCUT2D eigenvalue weighted by molar-refractivity contribution is 1.13. The molecule has 0 unspecified atom stereocenters. The highest BCUT2D eigenvalue weighted by Gasteiger charge is 2.06. The van der Waals surface area contributed by atoms with E-state index in [2.05, 4.69) is 49.6 Å². The number of rotatable bonds is 7. The maximum absolute atomic E-state index is 4.64. The monoisotopic (exact) mass is 456 g/mol. The minimum Gasteiger partial charge on any atom is -0.357 e. The van der Waals surface area contributed by atoms with Gasteiger partial charge in [-0.3, -0.25) is 0 Å². The summed E-state index contributed by atoms with van der Waals surface area (Å²) in [5, 5.41) is 12.8. The van der Waals surface area contributed by atoms with E-state index in [1.165, 1.54) is 15.3 Å². The van der Waals surface area contributed by atoms with Gasteiger partial charge in [0.25, 0.3) is 0 Å². The highest BCUT2D eigenvalue weighted by Crippen LogP contribution is 2.29. The third-order valence-corrected chi connectivity index (χ3v) is 6.18. The van der Waals surface area contributed by atoms with Gasteiger partial charge in [0.05, 0.1) is 17.1 Å². The Morgan fingerprint density at radius 3 is 2.44 bits per heavy atom. The molecule has 0 aliphatic carbocycles. The van der Waals surface area contributed by atoms with Crippen LogP contribution in [0.1, 0.15) is 10.4 Å². The summed E-state index contributed by atoms with van der Waals surface area (Å²) >= 11 is 5.02. The Morgan fingerprint density at radius 2 is 1.67 bits per heavy atom. The number of benzene rings is 1. The van der Waals surface area contributed by atoms with Gasteiger partial charge in [-0.15, -0.1) is 58.8 Å². The van der Waals surface area contributed by atoms with Gasteiger partial charge in [0.15, 0.2) is 10.3 Å². The Kier molecular flexibility index (Phi) is 8.53. The van der Waals surface area contributed by atoms with Gasteiger partial charge in [0, 0.05) is 23.0 Å². The Bertz CT molecular complexity index is 923. The van der Waals surface area contributed by atoms with E-state index < -0.39 is 0 Å². The van der Waals surface area contributed by atoms with E-state index in [0.29, 0.717) is 0 Å². The van der Waals surface area contributed by atoms with Crippen LogP contribution in [-0.4, -0.2) is 9.97 Å². The number of anilines is 2. The van der Waals surface area contributed by atoms with Crippen molar-refractivity contribution in [3.8, 4) is 10.6 Å². The lowest BCUT2D eigenvalue weighted by Crippen LogP contribution is -1.98. The van der Waals surface area contributed by atoms with Crippen LogP contribution in [0.2, 0.25) is 0 Å². The van der Waals surface area contributed by atoms with Crippen molar-refractivity contribution in [1.82, 2.24) is 9.97 Å². The fraction of sp³-hybridized carbons (Fsp3) is 0.111. The molecule has 0 aliphatic rings. The van der Waals surface area contributed by atoms with Crippen molar-refractivity contribution in [1.29, 1.82) is 0 Å². The summed E-state index contributed by atoms with van der Waals surface area (Å²) in [5.41, 5.74) is 2.29. The van der Waals surface area contributed by atoms with Crippen molar-refractivity contribution in [2.75, 3.05) is 10.6 Å². The minimum atomic E-state index is 0. The molecule has 142 valence electrons. The Hall–Kier alpha value is -1.64. The summed E-state index contributed by atoms with van der Waals surface area (Å²) < 4.78 is 0. The Balaban J connectivity index is 0.00000131. The van der Waals surface area contributed by atoms with Gasteiger partial charge in [-0.1, -0.05) is 36.4 Å². The van der Waals surface area contributed by atoms with Gasteiger partial charge in [-0.2, -0.15) is 0 Å². The van der Waals surface area contributed by atoms with Gasteiger partial charge in [0.1, 0.15) is 0 Å². The zero-order valence-electron chi connectivity index (χ0n) is 14.1. The van der Waals surface area contributed by atoms with Crippen molar-refractivity contribution >= 4 is 69.1 Å². The van der Waals surface area contributed by atoms with E-state index in [9.17, 15) is 0 Å². The molecule has 3 aromatic heterocycles. The molecular weight excluding hydrogens is 439 g/mol. The van der Waals surface area contributed by atoms with Crippen LogP contribution < -0.4 is 10.6 Å². The minimum absolute atomic E-state index is 0. The average molecular weight is 457 g/mol. The van der Waals surface area contributed by atoms with E-state index in [1.54, 1.807) is 34.0 Å². The number of nitrogens with zero attached hydrogens (tertiary/aromatic N) is 2. The number of nitrogens with one attached hydrogen (secondary N) is 2. The molecule has 0 spiro atoms. The summed E-state index contributed by atoms with van der Waals surface area (Å²) in [6, 6.07) is 14.5. The fourth-order valence-corrected chi connectivity index (χ4v) is 4.52. The summed E-state index contributed by atoms with van der Waals surface area (Å²) in [7, 11) is 0. The van der Waals surface area contributed by atoms with Gasteiger partial charge in [-0.05, 0) is 17.0 Å². The van der Waals surface area contributed by atoms with Crippen molar-refractivity contribution in [3.05, 3.63) is 69.9 Å². The predicted molar refractivity (Wildman–Crippen MR) is 123 cm³/mol. The van der Waals surface area contributed by atoms with Crippen LogP contribution in [0.25, 0.3) is 10.6 Å². The molecule has 4 nitrogen and oxygen atoms in total. The normalized spacial score (nSPS) is 9.93. The summed E-state index contributed by atoms with van der Waals surface area (Å²) in [6.07, 6.45) is 1.92. The van der Waals surface area contributed by atoms with Crippen molar-refractivity contribution < 1.29 is 0 Å². The number of aromatic nitrogens is 2. The molecule has 4 rings (SSSR count). The predicted octanol–water partition coefficient (Wildman–Crippen LogP) is 6.40. The molecule has 0 saturated heterocycles. The molecule has 3 heterocycles. The third kappa shape index (κ3) is 5.92. The largest absolute Gasteiger partial charge is 0.357 e. The number of halogens is 2. The summed E-state index contributed by atoms with van der Waals surface area (Å²) in [6.45, 7) is 1.53. The van der Waals surface area contributed by atoms with Crippen LogP contribution in [-0.2, 0) is 13.1 Å². The number of thiazole rings is 2. The first-order valence-electron chi connectivity index (χ1n) is 7.82. The van der Waals surface area contributed by atoms with Crippen LogP contribution in [0.5, 0.6) is 0 Å². The standard InChI is InChI=1S/C18H16N4S3.2ClH/c1-2-5-13(6-3-1)9-19-17-20-10-14(25-17)11-21-18-22-15(12-24-18)16-7-4-8-23-16;;/h1-8,10,12H,9,11H2,(H,19,20)(H,21,22);2*1H. The first kappa shape index (κ1) is 21.7. The van der Waals surface area contributed by atoms with E-state index in [4.69, 9.17) is 0 Å². The highest BCUT2D eigenvalue weighted by atomic mass is 35.5. The zero-order valence-corrected chi connectivity index (χ0v) is 18.2. The summed E-state index contributed by atoms with van der Waals surface area (Å²) in [5.74, 6) is 0. The van der Waals surface area contributed by atoms with Crippen molar-refractivity contribution in [3.63, 3.8) is 0 Å². The molecule has 9 heteroatoms. The van der Waals surface area contributed by atoms with Crippen LogP contribution in [0.4, 0.5) is 10.3 Å². The van der Waals surface area contributed by atoms with E-state index in [1.807, 2.05) is 30.5 Å². The molecule has 0 fully saturated rings. The quantitative estimate of drug-likeness (QED) is 0.337. The molecule has 0 radical (unpaired) electrons. The fourth-order valence-electron chi connectivity index (χ4n) is 2.30. The van der Waals surface area contributed by atoms with Crippen molar-refractivity contribution in [2.24, 2.45) is 0 Å². The van der Waals surface area contributed by atoms with E-state index in [0.717, 1.165) is 29.0 Å². The lowest BCUT2D eigenvalue weighted by Gasteiger charge is -2.02. The molecule has 0 atom stereocenters. The SMILES string of the molecule is Cl.Cl.c1ccc(CNc2ncc(CNc3nc(-c4cccs4)cs3)s2)cc1. The second-order valence-corrected chi connectivity index (χ2v) is 8.26. The van der Waals surface area contributed by atoms with Gasteiger partial charge >= 0.3 is 0 Å². The van der Waals surface area contributed by atoms with Crippen LogP contribution in [0.3, 0.4) is 0 Å². The molecule has 4 aromatic rings. The van der Waals surface area contributed by atoms with Gasteiger partial charge in [-0.25, -0.2) is 9.97 Å². The smallest absolute Gasteiger partial charge is 0.183 e. The average Bonchev–Trinajstić information content (AvgIpc) is 3.40. The third-order valence-electron chi connectivity index (χ3n) is 3.53. The lowest BCUT2D eigenvalue weighted by atomic mass is 10.2. The number of hydrogen-bond donors (Lipinski definition) is 2. The maximum atomic E-state index is 4.64. The zero-order chi connectivity index (χ0) is 16.9. The van der Waals surface area contributed by atoms with Crippen LogP contribution >= 0.6 is 58.8 Å². The second kappa shape index (κ2) is 10.6. The van der Waals surface area contributed by atoms with Crippen LogP contribution in [0.15, 0.2) is 59.4 Å². The summed E-state index contributed by atoms with van der Waals surface area (Å²) in [4.78, 5) is 11.5. The molecule has 2 N–H and O–H groups in total. The Morgan fingerprint density at radius 1 is 0.852 bits per heavy atom. The molecule has 0 amide bonds. The van der Waals surface area contributed by atoms with Crippen LogP contribution in [0, 0.1) is 0 Å². The van der Waals surface area contributed by atoms with E-state index >= 15 is 0 Å². The number of thiophene rings is 1. The first-order chi connectivity index (χ1) is 12.4. The topological polar surface area (TPSA) is 49.8 Å². The first-order valence-corrected chi connectivity index (χ1v) is 10.4. The molecule has 27 heavy (non-hydrogen) atoms. The number of hydrogen-bond acceptors (Lipinski definition) is 7. The van der Waals surface area contributed by atoms with E-state index in [-0.39, 0.29) is 24.8 Å². The highest BCUT2D eigenvalue weighted by molar-refractivity contribution is 7.16. The Labute approximate surface area is 182 Å². The van der Waals surface area contributed by atoms with Gasteiger partial charge in [0.2, 0.25) is 0 Å². The molecule has 0 aliphatic heterocycles. The molecule has 0 saturated carbocycles. The van der Waals surface area contributed by atoms with Crippen molar-refractivity contribution in [2.45, 2.75) is 13.1 Å². The molecule has 0 bridgehead atoms. The second-order valence-electron chi connectivity index (χ2n) is 5.34. The van der Waals surface area contributed by atoms with Gasteiger partial charge < -0.3 is 10.6 Å². The molecular formula is C18H18Cl2N4S3. The maximum Gasteiger partial charge on any atom is 0.183 e. The molecule has 1 aromatic carbocycles.